The van der Waals surface area contributed by atoms with E-state index in [9.17, 15) is 22.8 Å². The Balaban J connectivity index is 2.26. The van der Waals surface area contributed by atoms with E-state index < -0.39 is 12.1 Å². The Morgan fingerprint density at radius 3 is 2.15 bits per heavy atom. The molecule has 0 aliphatic carbocycles. The van der Waals surface area contributed by atoms with Crippen molar-refractivity contribution in [2.45, 2.75) is 20.0 Å². The van der Waals surface area contributed by atoms with Gasteiger partial charge in [0, 0.05) is 32.7 Å². The fourth-order valence-electron chi connectivity index (χ4n) is 1.80. The van der Waals surface area contributed by atoms with Gasteiger partial charge in [-0.25, -0.2) is 0 Å². The molecule has 116 valence electrons. The van der Waals surface area contributed by atoms with Gasteiger partial charge in [-0.1, -0.05) is 13.8 Å². The van der Waals surface area contributed by atoms with Crippen LogP contribution in [0.3, 0.4) is 0 Å². The van der Waals surface area contributed by atoms with Crippen molar-refractivity contribution in [1.29, 1.82) is 0 Å². The highest BCUT2D eigenvalue weighted by molar-refractivity contribution is 5.81. The number of ether oxygens (including phenoxy) is 1. The lowest BCUT2D eigenvalue weighted by Gasteiger charge is -2.34. The van der Waals surface area contributed by atoms with Crippen LogP contribution < -0.4 is 0 Å². The summed E-state index contributed by atoms with van der Waals surface area (Å²) in [6.45, 7) is 4.90. The number of amides is 1. The molecule has 1 fully saturated rings. The van der Waals surface area contributed by atoms with Gasteiger partial charge in [-0.3, -0.25) is 14.5 Å². The third-order valence-corrected chi connectivity index (χ3v) is 3.03. The first kappa shape index (κ1) is 16.7. The minimum atomic E-state index is -4.81. The molecule has 20 heavy (non-hydrogen) atoms. The lowest BCUT2D eigenvalue weighted by molar-refractivity contribution is -0.187. The number of nitrogens with zero attached hydrogens (tertiary/aromatic N) is 2. The van der Waals surface area contributed by atoms with Crippen LogP contribution in [0.2, 0.25) is 0 Å². The van der Waals surface area contributed by atoms with Gasteiger partial charge in [-0.15, -0.1) is 0 Å². The van der Waals surface area contributed by atoms with Gasteiger partial charge in [0.1, 0.15) is 6.61 Å². The number of carbonyl (C=O) groups is 2. The van der Waals surface area contributed by atoms with E-state index in [2.05, 4.69) is 0 Å². The molecular weight excluding hydrogens is 277 g/mol. The molecule has 0 saturated carbocycles. The molecule has 1 rings (SSSR count). The molecule has 0 unspecified atom stereocenters. The van der Waals surface area contributed by atoms with E-state index in [0.29, 0.717) is 19.6 Å². The number of rotatable bonds is 4. The molecule has 0 atom stereocenters. The van der Waals surface area contributed by atoms with Crippen molar-refractivity contribution in [3.63, 3.8) is 0 Å². The van der Waals surface area contributed by atoms with Crippen LogP contribution >= 0.6 is 0 Å². The van der Waals surface area contributed by atoms with Gasteiger partial charge in [0.2, 0.25) is 0 Å². The maximum Gasteiger partial charge on any atom is 0.471 e. The fourth-order valence-corrected chi connectivity index (χ4v) is 1.80. The summed E-state index contributed by atoms with van der Waals surface area (Å²) in [4.78, 5) is 24.9. The highest BCUT2D eigenvalue weighted by Crippen LogP contribution is 2.19. The second kappa shape index (κ2) is 6.92. The fraction of sp³-hybridized carbons (Fsp3) is 0.833. The quantitative estimate of drug-likeness (QED) is 0.723. The molecule has 0 radical (unpaired) electrons. The van der Waals surface area contributed by atoms with Crippen molar-refractivity contribution in [2.24, 2.45) is 5.92 Å². The molecule has 0 bridgehead atoms. The van der Waals surface area contributed by atoms with Crippen molar-refractivity contribution in [3.05, 3.63) is 0 Å². The average molecular weight is 296 g/mol. The van der Waals surface area contributed by atoms with E-state index in [1.807, 2.05) is 4.90 Å². The number of alkyl halides is 3. The Hall–Kier alpha value is -1.31. The van der Waals surface area contributed by atoms with E-state index >= 15 is 0 Å². The SMILES string of the molecule is CC(C)C(=O)OCCN1CCN(C(=O)C(F)(F)F)CC1. The van der Waals surface area contributed by atoms with Crippen molar-refractivity contribution >= 4 is 11.9 Å². The molecule has 0 N–H and O–H groups in total. The summed E-state index contributed by atoms with van der Waals surface area (Å²) in [5, 5.41) is 0. The molecule has 5 nitrogen and oxygen atoms in total. The summed E-state index contributed by atoms with van der Waals surface area (Å²) in [6, 6.07) is 0. The molecule has 0 aromatic rings. The maximum absolute atomic E-state index is 12.2. The van der Waals surface area contributed by atoms with Crippen LogP contribution in [-0.2, 0) is 14.3 Å². The topological polar surface area (TPSA) is 49.9 Å². The second-order valence-corrected chi connectivity index (χ2v) is 4.95. The minimum Gasteiger partial charge on any atom is -0.464 e. The highest BCUT2D eigenvalue weighted by Gasteiger charge is 2.43. The van der Waals surface area contributed by atoms with Crippen LogP contribution in [0.25, 0.3) is 0 Å². The van der Waals surface area contributed by atoms with Crippen LogP contribution in [0, 0.1) is 5.92 Å². The summed E-state index contributed by atoms with van der Waals surface area (Å²) in [5.41, 5.74) is 0. The monoisotopic (exact) mass is 296 g/mol. The summed E-state index contributed by atoms with van der Waals surface area (Å²) in [7, 11) is 0. The maximum atomic E-state index is 12.2. The van der Waals surface area contributed by atoms with Gasteiger partial charge < -0.3 is 9.64 Å². The summed E-state index contributed by atoms with van der Waals surface area (Å²) in [5.74, 6) is -2.28. The molecule has 0 spiro atoms. The van der Waals surface area contributed by atoms with E-state index in [1.165, 1.54) is 0 Å². The summed E-state index contributed by atoms with van der Waals surface area (Å²) >= 11 is 0. The lowest BCUT2D eigenvalue weighted by atomic mass is 10.2. The van der Waals surface area contributed by atoms with Crippen LogP contribution in [0.1, 0.15) is 13.8 Å². The Bertz CT molecular complexity index is 350. The van der Waals surface area contributed by atoms with Gasteiger partial charge in [0.15, 0.2) is 0 Å². The summed E-state index contributed by atoms with van der Waals surface area (Å²) < 4.78 is 41.7. The number of piperazine rings is 1. The Morgan fingerprint density at radius 2 is 1.70 bits per heavy atom. The predicted molar refractivity (Wildman–Crippen MR) is 64.9 cm³/mol. The molecule has 1 heterocycles. The number of halogens is 3. The first-order valence-electron chi connectivity index (χ1n) is 6.47. The number of carbonyl (C=O) groups excluding carboxylic acids is 2. The molecule has 1 aliphatic heterocycles. The van der Waals surface area contributed by atoms with Crippen LogP contribution in [-0.4, -0.2) is 67.2 Å². The molecule has 0 aromatic carbocycles. The molecule has 1 amide bonds. The Morgan fingerprint density at radius 1 is 1.15 bits per heavy atom. The molecule has 1 aliphatic rings. The third kappa shape index (κ3) is 4.99. The zero-order chi connectivity index (χ0) is 15.3. The van der Waals surface area contributed by atoms with Gasteiger partial charge in [0.05, 0.1) is 5.92 Å². The normalized spacial score (nSPS) is 17.4. The first-order chi connectivity index (χ1) is 9.21. The number of hydrogen-bond acceptors (Lipinski definition) is 4. The number of esters is 1. The van der Waals surface area contributed by atoms with Gasteiger partial charge >= 0.3 is 18.1 Å². The zero-order valence-corrected chi connectivity index (χ0v) is 11.6. The van der Waals surface area contributed by atoms with E-state index in [4.69, 9.17) is 4.74 Å². The Kier molecular flexibility index (Phi) is 5.79. The predicted octanol–water partition coefficient (Wildman–Crippen LogP) is 0.892. The molecule has 8 heteroatoms. The standard InChI is InChI=1S/C12H19F3N2O3/c1-9(2)10(18)20-8-7-16-3-5-17(6-4-16)11(19)12(13,14)15/h9H,3-8H2,1-2H3. The van der Waals surface area contributed by atoms with Gasteiger partial charge in [-0.05, 0) is 0 Å². The van der Waals surface area contributed by atoms with Gasteiger partial charge in [0.25, 0.3) is 0 Å². The van der Waals surface area contributed by atoms with E-state index in [0.717, 1.165) is 4.90 Å². The van der Waals surface area contributed by atoms with Crippen LogP contribution in [0.4, 0.5) is 13.2 Å². The van der Waals surface area contributed by atoms with E-state index in [1.54, 1.807) is 13.8 Å². The van der Waals surface area contributed by atoms with Crippen LogP contribution in [0.15, 0.2) is 0 Å². The van der Waals surface area contributed by atoms with Crippen molar-refractivity contribution in [3.8, 4) is 0 Å². The van der Waals surface area contributed by atoms with Crippen molar-refractivity contribution in [1.82, 2.24) is 9.80 Å². The zero-order valence-electron chi connectivity index (χ0n) is 11.6. The van der Waals surface area contributed by atoms with Crippen molar-refractivity contribution in [2.75, 3.05) is 39.3 Å². The largest absolute Gasteiger partial charge is 0.471 e. The first-order valence-corrected chi connectivity index (χ1v) is 6.47. The number of hydrogen-bond donors (Lipinski definition) is 0. The lowest BCUT2D eigenvalue weighted by Crippen LogP contribution is -2.52. The smallest absolute Gasteiger partial charge is 0.464 e. The van der Waals surface area contributed by atoms with Crippen LogP contribution in [0.5, 0.6) is 0 Å². The van der Waals surface area contributed by atoms with E-state index in [-0.39, 0.29) is 31.6 Å². The molecule has 1 saturated heterocycles. The highest BCUT2D eigenvalue weighted by atomic mass is 19.4. The average Bonchev–Trinajstić information content (AvgIpc) is 2.37. The molecule has 0 aromatic heterocycles. The van der Waals surface area contributed by atoms with Gasteiger partial charge in [-0.2, -0.15) is 13.2 Å². The van der Waals surface area contributed by atoms with Crippen molar-refractivity contribution < 1.29 is 27.5 Å². The third-order valence-electron chi connectivity index (χ3n) is 3.03. The minimum absolute atomic E-state index is 0.0382. The Labute approximate surface area is 115 Å². The second-order valence-electron chi connectivity index (χ2n) is 4.95. The molecular formula is C12H19F3N2O3. The summed E-state index contributed by atoms with van der Waals surface area (Å²) in [6.07, 6.45) is -4.81.